The van der Waals surface area contributed by atoms with Crippen LogP contribution in [0, 0.1) is 5.41 Å². The number of rotatable bonds is 4. The highest BCUT2D eigenvalue weighted by Gasteiger charge is 2.29. The van der Waals surface area contributed by atoms with Gasteiger partial charge in [0, 0.05) is 0 Å². The van der Waals surface area contributed by atoms with Crippen LogP contribution < -0.4 is 0 Å². The average molecular weight is 465 g/mol. The molecule has 0 unspecified atom stereocenters. The lowest BCUT2D eigenvalue weighted by molar-refractivity contribution is 0.358. The molecule has 190 valence electrons. The molecule has 2 rings (SSSR count). The predicted molar refractivity (Wildman–Crippen MR) is 151 cm³/mol. The Hall–Kier alpha value is -1.76. The number of aromatic hydroxyl groups is 1. The van der Waals surface area contributed by atoms with E-state index in [-0.39, 0.29) is 27.1 Å². The van der Waals surface area contributed by atoms with Gasteiger partial charge in [-0.05, 0) is 73.3 Å². The van der Waals surface area contributed by atoms with Gasteiger partial charge in [-0.1, -0.05) is 127 Å². The molecule has 0 saturated carbocycles. The molecule has 1 N–H and O–H groups in total. The van der Waals surface area contributed by atoms with Gasteiger partial charge in [-0.3, -0.25) is 0 Å². The van der Waals surface area contributed by atoms with E-state index in [1.807, 2.05) is 0 Å². The summed E-state index contributed by atoms with van der Waals surface area (Å²) in [5.74, 6) is 0.467. The lowest BCUT2D eigenvalue weighted by Gasteiger charge is -2.32. The summed E-state index contributed by atoms with van der Waals surface area (Å²) in [6.45, 7) is 31.8. The number of hydrogen-bond acceptors (Lipinski definition) is 1. The Morgan fingerprint density at radius 3 is 1.09 bits per heavy atom. The van der Waals surface area contributed by atoms with Gasteiger partial charge >= 0.3 is 0 Å². The van der Waals surface area contributed by atoms with E-state index in [4.69, 9.17) is 0 Å². The summed E-state index contributed by atoms with van der Waals surface area (Å²) in [5.41, 5.74) is 7.81. The molecule has 1 nitrogen and oxygen atoms in total. The molecule has 0 aromatic heterocycles. The van der Waals surface area contributed by atoms with Crippen molar-refractivity contribution in [1.82, 2.24) is 0 Å². The maximum absolute atomic E-state index is 11.1. The second-order valence-electron chi connectivity index (χ2n) is 15.5. The third-order valence-electron chi connectivity index (χ3n) is 6.88. The van der Waals surface area contributed by atoms with Gasteiger partial charge in [0.05, 0.1) is 0 Å². The van der Waals surface area contributed by atoms with E-state index >= 15 is 0 Å². The van der Waals surface area contributed by atoms with Crippen molar-refractivity contribution in [3.8, 4) is 5.75 Å². The lowest BCUT2D eigenvalue weighted by Crippen LogP contribution is -2.23. The third-order valence-corrected chi connectivity index (χ3v) is 6.88. The summed E-state index contributed by atoms with van der Waals surface area (Å²) < 4.78 is 0. The Bertz CT molecular complexity index is 941. The zero-order valence-corrected chi connectivity index (χ0v) is 24.7. The lowest BCUT2D eigenvalue weighted by atomic mass is 9.73. The van der Waals surface area contributed by atoms with E-state index < -0.39 is 0 Å². The molecular formula is C33H52O. The molecular weight excluding hydrogens is 412 g/mol. The maximum Gasteiger partial charge on any atom is 0.123 e. The summed E-state index contributed by atoms with van der Waals surface area (Å²) in [6, 6.07) is 11.8. The average Bonchev–Trinajstić information content (AvgIpc) is 2.58. The molecule has 34 heavy (non-hydrogen) atoms. The zero-order chi connectivity index (χ0) is 26.5. The van der Waals surface area contributed by atoms with Crippen molar-refractivity contribution in [2.75, 3.05) is 0 Å². The minimum Gasteiger partial charge on any atom is -0.507 e. The number of hydrogen-bond donors (Lipinski definition) is 1. The topological polar surface area (TPSA) is 20.2 Å². The molecule has 2 aromatic carbocycles. The second kappa shape index (κ2) is 9.03. The van der Waals surface area contributed by atoms with E-state index in [1.165, 1.54) is 22.3 Å². The number of phenols is 1. The molecule has 0 heterocycles. The molecule has 0 saturated heterocycles. The zero-order valence-electron chi connectivity index (χ0n) is 24.7. The van der Waals surface area contributed by atoms with E-state index in [9.17, 15) is 5.11 Å². The molecule has 0 aliphatic heterocycles. The van der Waals surface area contributed by atoms with E-state index in [0.29, 0.717) is 5.75 Å². The maximum atomic E-state index is 11.1. The molecule has 0 atom stereocenters. The Morgan fingerprint density at radius 1 is 0.471 bits per heavy atom. The van der Waals surface area contributed by atoms with Crippen molar-refractivity contribution in [1.29, 1.82) is 0 Å². The van der Waals surface area contributed by atoms with Crippen molar-refractivity contribution in [2.24, 2.45) is 5.41 Å². The van der Waals surface area contributed by atoms with Crippen LogP contribution in [0.3, 0.4) is 0 Å². The third kappa shape index (κ3) is 7.12. The van der Waals surface area contributed by atoms with Crippen LogP contribution in [0.25, 0.3) is 0 Å². The van der Waals surface area contributed by atoms with E-state index in [0.717, 1.165) is 24.0 Å². The van der Waals surface area contributed by atoms with E-state index in [2.05, 4.69) is 127 Å². The standard InChI is InChI=1S/C33H52O/c1-29(2,3)24-15-22(16-25(19-24)30(4,5)6)20-33(13,14)21-23-17-26(31(7,8)9)28(34)27(18-23)32(10,11)12/h15-19,34H,20-21H2,1-14H3. The van der Waals surface area contributed by atoms with Crippen molar-refractivity contribution in [2.45, 2.75) is 131 Å². The SMILES string of the molecule is CC(C)(Cc1cc(C(C)(C)C)cc(C(C)(C)C)c1)Cc1cc(C(C)(C)C)c(O)c(C(C)(C)C)c1. The van der Waals surface area contributed by atoms with Gasteiger partial charge in [0.2, 0.25) is 0 Å². The normalized spacial score (nSPS) is 13.9. The van der Waals surface area contributed by atoms with E-state index in [1.54, 1.807) is 0 Å². The summed E-state index contributed by atoms with van der Waals surface area (Å²) >= 11 is 0. The van der Waals surface area contributed by atoms with Crippen molar-refractivity contribution in [3.05, 3.63) is 63.7 Å². The van der Waals surface area contributed by atoms with Gasteiger partial charge < -0.3 is 5.11 Å². The minimum atomic E-state index is -0.104. The first-order chi connectivity index (χ1) is 15.0. The Balaban J connectivity index is 2.52. The monoisotopic (exact) mass is 464 g/mol. The first-order valence-corrected chi connectivity index (χ1v) is 13.0. The van der Waals surface area contributed by atoms with Crippen LogP contribution in [0.1, 0.15) is 130 Å². The summed E-state index contributed by atoms with van der Waals surface area (Å²) in [7, 11) is 0. The molecule has 0 aliphatic carbocycles. The van der Waals surface area contributed by atoms with Crippen LogP contribution in [-0.2, 0) is 34.5 Å². The second-order valence-corrected chi connectivity index (χ2v) is 15.5. The summed E-state index contributed by atoms with van der Waals surface area (Å²) in [4.78, 5) is 0. The predicted octanol–water partition coefficient (Wildman–Crippen LogP) is 9.39. The fourth-order valence-electron chi connectivity index (χ4n) is 4.77. The van der Waals surface area contributed by atoms with Crippen molar-refractivity contribution >= 4 is 0 Å². The molecule has 1 heteroatoms. The highest BCUT2D eigenvalue weighted by atomic mass is 16.3. The molecule has 0 fully saturated rings. The van der Waals surface area contributed by atoms with Crippen LogP contribution in [-0.4, -0.2) is 5.11 Å². The van der Waals surface area contributed by atoms with Crippen LogP contribution in [0.5, 0.6) is 5.75 Å². The highest BCUT2D eigenvalue weighted by Crippen LogP contribution is 2.41. The molecule has 2 aromatic rings. The highest BCUT2D eigenvalue weighted by molar-refractivity contribution is 5.50. The van der Waals surface area contributed by atoms with Crippen LogP contribution in [0.15, 0.2) is 30.3 Å². The number of benzene rings is 2. The van der Waals surface area contributed by atoms with Crippen molar-refractivity contribution in [3.63, 3.8) is 0 Å². The Morgan fingerprint density at radius 2 is 0.794 bits per heavy atom. The van der Waals surface area contributed by atoms with Gasteiger partial charge in [-0.15, -0.1) is 0 Å². The molecule has 0 aliphatic rings. The Kier molecular flexibility index (Phi) is 7.56. The first kappa shape index (κ1) is 28.5. The quantitative estimate of drug-likeness (QED) is 0.478. The van der Waals surface area contributed by atoms with Gasteiger partial charge in [-0.2, -0.15) is 0 Å². The van der Waals surface area contributed by atoms with Crippen LogP contribution >= 0.6 is 0 Å². The van der Waals surface area contributed by atoms with Crippen molar-refractivity contribution < 1.29 is 5.11 Å². The smallest absolute Gasteiger partial charge is 0.123 e. The number of phenolic OH excluding ortho intramolecular Hbond substituents is 1. The van der Waals surface area contributed by atoms with Crippen LogP contribution in [0.4, 0.5) is 0 Å². The van der Waals surface area contributed by atoms with Gasteiger partial charge in [0.1, 0.15) is 5.75 Å². The Labute approximate surface area is 211 Å². The van der Waals surface area contributed by atoms with Gasteiger partial charge in [0.15, 0.2) is 0 Å². The fraction of sp³-hybridized carbons (Fsp3) is 0.636. The summed E-state index contributed by atoms with van der Waals surface area (Å²) in [5, 5.41) is 11.1. The van der Waals surface area contributed by atoms with Gasteiger partial charge in [0.25, 0.3) is 0 Å². The molecule has 0 radical (unpaired) electrons. The fourth-order valence-corrected chi connectivity index (χ4v) is 4.77. The first-order valence-electron chi connectivity index (χ1n) is 13.0. The van der Waals surface area contributed by atoms with Crippen LogP contribution in [0.2, 0.25) is 0 Å². The van der Waals surface area contributed by atoms with Gasteiger partial charge in [-0.25, -0.2) is 0 Å². The molecule has 0 spiro atoms. The summed E-state index contributed by atoms with van der Waals surface area (Å²) in [6.07, 6.45) is 2.00. The molecule has 0 bridgehead atoms. The molecule has 0 amide bonds. The largest absolute Gasteiger partial charge is 0.507 e. The minimum absolute atomic E-state index is 0.0902.